The number of anilines is 2. The van der Waals surface area contributed by atoms with Gasteiger partial charge >= 0.3 is 0 Å². The average molecular weight is 422 g/mol. The summed E-state index contributed by atoms with van der Waals surface area (Å²) in [6.45, 7) is 5.83. The molecule has 4 rings (SSSR count). The molecule has 0 saturated heterocycles. The molecule has 1 aromatic heterocycles. The first-order valence-electron chi connectivity index (χ1n) is 9.77. The van der Waals surface area contributed by atoms with Crippen molar-refractivity contribution in [3.05, 3.63) is 59.9 Å². The fraction of sp³-hybridized carbons (Fsp3) is 0.273. The number of nitrogens with one attached hydrogen (secondary N) is 1. The number of thioether (sulfide) groups is 1. The Morgan fingerprint density at radius 2 is 1.80 bits per heavy atom. The van der Waals surface area contributed by atoms with Crippen molar-refractivity contribution in [1.82, 2.24) is 14.8 Å². The number of amides is 2. The first kappa shape index (κ1) is 20.2. The summed E-state index contributed by atoms with van der Waals surface area (Å²) in [6.07, 6.45) is 0.254. The predicted molar refractivity (Wildman–Crippen MR) is 118 cm³/mol. The molecule has 1 aliphatic rings. The summed E-state index contributed by atoms with van der Waals surface area (Å²) >= 11 is 1.35. The third-order valence-corrected chi connectivity index (χ3v) is 6.02. The second-order valence-corrected chi connectivity index (χ2v) is 8.27. The highest BCUT2D eigenvalue weighted by molar-refractivity contribution is 7.99. The van der Waals surface area contributed by atoms with Crippen molar-refractivity contribution >= 4 is 35.0 Å². The SMILES string of the molecule is Cc1ccccc1-n1c(C)nnc1SCC(=O)N1c2ccccc2NC(=O)CC1C. The summed E-state index contributed by atoms with van der Waals surface area (Å²) in [4.78, 5) is 27.1. The lowest BCUT2D eigenvalue weighted by molar-refractivity contribution is -0.117. The summed E-state index contributed by atoms with van der Waals surface area (Å²) in [5, 5.41) is 12.0. The molecule has 1 aliphatic heterocycles. The Kier molecular flexibility index (Phi) is 5.59. The van der Waals surface area contributed by atoms with E-state index >= 15 is 0 Å². The van der Waals surface area contributed by atoms with Gasteiger partial charge in [0.2, 0.25) is 11.8 Å². The number of carbonyl (C=O) groups excluding carboxylic acids is 2. The van der Waals surface area contributed by atoms with Gasteiger partial charge in [0.05, 0.1) is 22.8 Å². The lowest BCUT2D eigenvalue weighted by atomic mass is 10.2. The number of carbonyl (C=O) groups is 2. The summed E-state index contributed by atoms with van der Waals surface area (Å²) in [5.74, 6) is 0.792. The second-order valence-electron chi connectivity index (χ2n) is 7.32. The van der Waals surface area contributed by atoms with Crippen LogP contribution in [-0.4, -0.2) is 38.4 Å². The van der Waals surface area contributed by atoms with Crippen LogP contribution in [0.1, 0.15) is 24.7 Å². The quantitative estimate of drug-likeness (QED) is 0.649. The molecule has 154 valence electrons. The summed E-state index contributed by atoms with van der Waals surface area (Å²) in [6, 6.07) is 15.2. The van der Waals surface area contributed by atoms with Crippen LogP contribution in [0, 0.1) is 13.8 Å². The predicted octanol–water partition coefficient (Wildman–Crippen LogP) is 3.74. The Labute approximate surface area is 179 Å². The van der Waals surface area contributed by atoms with Crippen molar-refractivity contribution in [2.45, 2.75) is 38.4 Å². The minimum absolute atomic E-state index is 0.0755. The van der Waals surface area contributed by atoms with Crippen molar-refractivity contribution in [3.8, 4) is 5.69 Å². The van der Waals surface area contributed by atoms with Gasteiger partial charge in [-0.1, -0.05) is 42.1 Å². The van der Waals surface area contributed by atoms with Crippen molar-refractivity contribution in [1.29, 1.82) is 0 Å². The summed E-state index contributed by atoms with van der Waals surface area (Å²) < 4.78 is 1.97. The molecule has 0 aliphatic carbocycles. The summed E-state index contributed by atoms with van der Waals surface area (Å²) in [7, 11) is 0. The van der Waals surface area contributed by atoms with Gasteiger partial charge < -0.3 is 10.2 Å². The molecule has 0 saturated carbocycles. The highest BCUT2D eigenvalue weighted by Crippen LogP contribution is 2.32. The molecule has 30 heavy (non-hydrogen) atoms. The molecule has 1 unspecified atom stereocenters. The third kappa shape index (κ3) is 3.82. The van der Waals surface area contributed by atoms with Gasteiger partial charge in [-0.25, -0.2) is 0 Å². The normalized spacial score (nSPS) is 16.0. The van der Waals surface area contributed by atoms with E-state index in [2.05, 4.69) is 15.5 Å². The van der Waals surface area contributed by atoms with Crippen molar-refractivity contribution < 1.29 is 9.59 Å². The zero-order valence-electron chi connectivity index (χ0n) is 17.1. The van der Waals surface area contributed by atoms with Crippen LogP contribution in [-0.2, 0) is 9.59 Å². The monoisotopic (exact) mass is 421 g/mol. The Morgan fingerprint density at radius 1 is 1.10 bits per heavy atom. The van der Waals surface area contributed by atoms with Crippen molar-refractivity contribution in [2.24, 2.45) is 0 Å². The average Bonchev–Trinajstić information content (AvgIpc) is 3.01. The number of hydrogen-bond acceptors (Lipinski definition) is 5. The number of fused-ring (bicyclic) bond motifs is 1. The van der Waals surface area contributed by atoms with Gasteiger partial charge in [0, 0.05) is 12.5 Å². The molecule has 2 aromatic carbocycles. The van der Waals surface area contributed by atoms with E-state index in [1.165, 1.54) is 11.8 Å². The number of benzene rings is 2. The first-order valence-corrected chi connectivity index (χ1v) is 10.8. The van der Waals surface area contributed by atoms with Gasteiger partial charge in [-0.15, -0.1) is 10.2 Å². The molecule has 1 N–H and O–H groups in total. The van der Waals surface area contributed by atoms with E-state index in [9.17, 15) is 9.59 Å². The number of aromatic nitrogens is 3. The van der Waals surface area contributed by atoms with Gasteiger partial charge in [-0.05, 0) is 44.5 Å². The number of nitrogens with zero attached hydrogens (tertiary/aromatic N) is 4. The molecule has 0 radical (unpaired) electrons. The maximum absolute atomic E-state index is 13.2. The van der Waals surface area contributed by atoms with Crippen LogP contribution in [0.5, 0.6) is 0 Å². The van der Waals surface area contributed by atoms with Gasteiger partial charge in [0.1, 0.15) is 5.82 Å². The Balaban J connectivity index is 1.59. The fourth-order valence-corrected chi connectivity index (χ4v) is 4.54. The molecule has 7 nitrogen and oxygen atoms in total. The second kappa shape index (κ2) is 8.31. The Morgan fingerprint density at radius 3 is 2.57 bits per heavy atom. The number of hydrogen-bond donors (Lipinski definition) is 1. The van der Waals surface area contributed by atoms with Crippen molar-refractivity contribution in [3.63, 3.8) is 0 Å². The van der Waals surface area contributed by atoms with Crippen LogP contribution < -0.4 is 10.2 Å². The van der Waals surface area contributed by atoms with Crippen LogP contribution in [0.15, 0.2) is 53.7 Å². The molecule has 2 amide bonds. The lowest BCUT2D eigenvalue weighted by Gasteiger charge is -2.27. The summed E-state index contributed by atoms with van der Waals surface area (Å²) in [5.41, 5.74) is 3.48. The minimum atomic E-state index is -0.238. The van der Waals surface area contributed by atoms with E-state index in [4.69, 9.17) is 0 Å². The zero-order valence-corrected chi connectivity index (χ0v) is 17.9. The van der Waals surface area contributed by atoms with Crippen LogP contribution in [0.2, 0.25) is 0 Å². The van der Waals surface area contributed by atoms with E-state index in [1.54, 1.807) is 4.90 Å². The van der Waals surface area contributed by atoms with E-state index < -0.39 is 0 Å². The molecule has 0 bridgehead atoms. The van der Waals surface area contributed by atoms with E-state index in [1.807, 2.05) is 73.9 Å². The van der Waals surface area contributed by atoms with Crippen LogP contribution in [0.3, 0.4) is 0 Å². The highest BCUT2D eigenvalue weighted by atomic mass is 32.2. The van der Waals surface area contributed by atoms with Gasteiger partial charge in [-0.3, -0.25) is 14.2 Å². The Bertz CT molecular complexity index is 1110. The topological polar surface area (TPSA) is 80.1 Å². The maximum Gasteiger partial charge on any atom is 0.237 e. The van der Waals surface area contributed by atoms with Gasteiger partial charge in [-0.2, -0.15) is 0 Å². The number of rotatable bonds is 4. The molecule has 2 heterocycles. The van der Waals surface area contributed by atoms with E-state index in [-0.39, 0.29) is 30.0 Å². The largest absolute Gasteiger partial charge is 0.324 e. The minimum Gasteiger partial charge on any atom is -0.324 e. The van der Waals surface area contributed by atoms with Gasteiger partial charge in [0.15, 0.2) is 5.16 Å². The molecule has 0 spiro atoms. The van der Waals surface area contributed by atoms with Crippen LogP contribution >= 0.6 is 11.8 Å². The molecular weight excluding hydrogens is 398 g/mol. The molecule has 0 fully saturated rings. The zero-order chi connectivity index (χ0) is 21.3. The number of para-hydroxylation sites is 3. The van der Waals surface area contributed by atoms with Crippen molar-refractivity contribution in [2.75, 3.05) is 16.0 Å². The Hall–Kier alpha value is -3.13. The number of aryl methyl sites for hydroxylation is 2. The molecule has 8 heteroatoms. The van der Waals surface area contributed by atoms with E-state index in [0.29, 0.717) is 10.8 Å². The van der Waals surface area contributed by atoms with Gasteiger partial charge in [0.25, 0.3) is 0 Å². The lowest BCUT2D eigenvalue weighted by Crippen LogP contribution is -2.40. The molecular formula is C22H23N5O2S. The maximum atomic E-state index is 13.2. The van der Waals surface area contributed by atoms with Crippen LogP contribution in [0.25, 0.3) is 5.69 Å². The standard InChI is InChI=1S/C22H23N5O2S/c1-14-8-4-6-10-18(14)27-16(3)24-25-22(27)30-13-21(29)26-15(2)12-20(28)23-17-9-5-7-11-19(17)26/h4-11,15H,12-13H2,1-3H3,(H,23,28). The smallest absolute Gasteiger partial charge is 0.237 e. The fourth-order valence-electron chi connectivity index (χ4n) is 3.69. The van der Waals surface area contributed by atoms with E-state index in [0.717, 1.165) is 22.8 Å². The highest BCUT2D eigenvalue weighted by Gasteiger charge is 2.29. The molecule has 3 aromatic rings. The third-order valence-electron chi connectivity index (χ3n) is 5.10. The first-order chi connectivity index (χ1) is 14.5. The van der Waals surface area contributed by atoms with Crippen LogP contribution in [0.4, 0.5) is 11.4 Å². The molecule has 1 atom stereocenters.